The van der Waals surface area contributed by atoms with Crippen molar-refractivity contribution in [3.05, 3.63) is 80.5 Å². The summed E-state index contributed by atoms with van der Waals surface area (Å²) in [4.78, 5) is 28.2. The highest BCUT2D eigenvalue weighted by atomic mass is 16.5. The van der Waals surface area contributed by atoms with Crippen LogP contribution in [0.15, 0.2) is 47.0 Å². The van der Waals surface area contributed by atoms with E-state index in [2.05, 4.69) is 4.90 Å². The highest BCUT2D eigenvalue weighted by Gasteiger charge is 2.37. The number of phenolic OH excluding ortho intramolecular Hbond substituents is 1. The molecule has 9 heteroatoms. The van der Waals surface area contributed by atoms with E-state index in [1.54, 1.807) is 37.3 Å². The van der Waals surface area contributed by atoms with Crippen molar-refractivity contribution in [3.63, 3.8) is 0 Å². The number of likely N-dealkylation sites (tertiary alicyclic amines) is 1. The van der Waals surface area contributed by atoms with Gasteiger partial charge in [-0.15, -0.1) is 0 Å². The minimum Gasteiger partial charge on any atom is -0.507 e. The van der Waals surface area contributed by atoms with E-state index in [0.29, 0.717) is 64.3 Å². The van der Waals surface area contributed by atoms with Crippen LogP contribution < -0.4 is 24.5 Å². The molecule has 3 aliphatic heterocycles. The third kappa shape index (κ3) is 4.30. The number of pyridine rings is 1. The first-order valence-corrected chi connectivity index (χ1v) is 13.3. The summed E-state index contributed by atoms with van der Waals surface area (Å²) in [7, 11) is 4.60. The van der Waals surface area contributed by atoms with Gasteiger partial charge in [-0.25, -0.2) is 0 Å². The molecule has 9 nitrogen and oxygen atoms in total. The van der Waals surface area contributed by atoms with E-state index in [1.165, 1.54) is 21.3 Å². The molecule has 0 unspecified atom stereocenters. The van der Waals surface area contributed by atoms with Crippen LogP contribution in [0.25, 0.3) is 6.08 Å². The van der Waals surface area contributed by atoms with E-state index in [1.807, 2.05) is 16.7 Å². The van der Waals surface area contributed by atoms with Crippen molar-refractivity contribution in [3.8, 4) is 28.7 Å². The summed E-state index contributed by atoms with van der Waals surface area (Å²) in [6.45, 7) is 4.47. The standard InChI is InChI=1S/C31H32N2O7/c1-17-8-23(34)21(16-32-13-19-9-20(15-32)22-6-5-7-27(35)33(22)14-19)30-28(17)29(36)24(40-30)10-18-11-25(37-2)31(39-4)26(12-18)38-3/h5-8,10-12,19-20,34H,9,13-16H2,1-4H3/b24-10+/t19-,20+/m0/s1. The highest BCUT2D eigenvalue weighted by Crippen LogP contribution is 2.45. The molecule has 3 aliphatic rings. The zero-order valence-corrected chi connectivity index (χ0v) is 23.0. The minimum absolute atomic E-state index is 0.0491. The van der Waals surface area contributed by atoms with Crippen LogP contribution in [0.5, 0.6) is 28.7 Å². The van der Waals surface area contributed by atoms with Gasteiger partial charge in [-0.2, -0.15) is 0 Å². The van der Waals surface area contributed by atoms with E-state index >= 15 is 0 Å². The van der Waals surface area contributed by atoms with Crippen molar-refractivity contribution in [2.45, 2.75) is 32.4 Å². The largest absolute Gasteiger partial charge is 0.507 e. The lowest BCUT2D eigenvalue weighted by Crippen LogP contribution is -2.46. The molecule has 1 aromatic heterocycles. The summed E-state index contributed by atoms with van der Waals surface area (Å²) >= 11 is 0. The molecule has 40 heavy (non-hydrogen) atoms. The van der Waals surface area contributed by atoms with Gasteiger partial charge in [0.1, 0.15) is 11.5 Å². The number of aromatic hydroxyl groups is 1. The van der Waals surface area contributed by atoms with Crippen molar-refractivity contribution < 1.29 is 28.8 Å². The number of carbonyl (C=O) groups excluding carboxylic acids is 1. The van der Waals surface area contributed by atoms with Crippen LogP contribution >= 0.6 is 0 Å². The monoisotopic (exact) mass is 544 g/mol. The number of hydrogen-bond donors (Lipinski definition) is 1. The Morgan fingerprint density at radius 1 is 1.02 bits per heavy atom. The van der Waals surface area contributed by atoms with Crippen LogP contribution in [-0.2, 0) is 13.1 Å². The lowest BCUT2D eigenvalue weighted by Gasteiger charge is -2.43. The van der Waals surface area contributed by atoms with E-state index in [-0.39, 0.29) is 28.8 Å². The van der Waals surface area contributed by atoms with Gasteiger partial charge in [0, 0.05) is 43.9 Å². The molecule has 0 amide bonds. The molecule has 2 atom stereocenters. The minimum atomic E-state index is -0.244. The molecular weight excluding hydrogens is 512 g/mol. The molecule has 2 bridgehead atoms. The fourth-order valence-electron chi connectivity index (χ4n) is 6.42. The summed E-state index contributed by atoms with van der Waals surface area (Å²) in [6, 6.07) is 10.6. The van der Waals surface area contributed by atoms with Gasteiger partial charge in [0.2, 0.25) is 11.5 Å². The normalized spacial score (nSPS) is 20.6. The van der Waals surface area contributed by atoms with Crippen LogP contribution in [0.4, 0.5) is 0 Å². The Morgan fingerprint density at radius 2 is 1.77 bits per heavy atom. The molecule has 2 aromatic carbocycles. The maximum absolute atomic E-state index is 13.5. The SMILES string of the molecule is COc1cc(/C=C2/Oc3c(CN4C[C@@H]5C[C@H](C4)c4cccc(=O)n4C5)c(O)cc(C)c3C2=O)cc(OC)c1OC. The zero-order chi connectivity index (χ0) is 28.1. The molecule has 3 aromatic rings. The Bertz CT molecular complexity index is 1580. The second kappa shape index (κ2) is 10.1. The van der Waals surface area contributed by atoms with Crippen LogP contribution in [0, 0.1) is 12.8 Å². The number of nitrogens with zero attached hydrogens (tertiary/aromatic N) is 2. The van der Waals surface area contributed by atoms with Crippen molar-refractivity contribution in [1.82, 2.24) is 9.47 Å². The number of methoxy groups -OCH3 is 3. The number of fused-ring (bicyclic) bond motifs is 5. The Labute approximate surface area is 232 Å². The predicted molar refractivity (Wildman–Crippen MR) is 149 cm³/mol. The van der Waals surface area contributed by atoms with Gasteiger partial charge in [-0.3, -0.25) is 14.5 Å². The third-order valence-corrected chi connectivity index (χ3v) is 8.14. The second-order valence-electron chi connectivity index (χ2n) is 10.7. The van der Waals surface area contributed by atoms with Gasteiger partial charge in [0.25, 0.3) is 5.56 Å². The van der Waals surface area contributed by atoms with Crippen molar-refractivity contribution in [1.29, 1.82) is 0 Å². The molecule has 1 fully saturated rings. The van der Waals surface area contributed by atoms with Crippen molar-refractivity contribution >= 4 is 11.9 Å². The molecule has 1 saturated heterocycles. The van der Waals surface area contributed by atoms with Crippen LogP contribution in [-0.4, -0.2) is 54.8 Å². The van der Waals surface area contributed by atoms with Gasteiger partial charge in [0.05, 0.1) is 32.5 Å². The lowest BCUT2D eigenvalue weighted by molar-refractivity contribution is 0.101. The molecule has 6 rings (SSSR count). The molecule has 1 N–H and O–H groups in total. The average molecular weight is 545 g/mol. The molecule has 208 valence electrons. The molecule has 0 saturated carbocycles. The van der Waals surface area contributed by atoms with Crippen LogP contribution in [0.2, 0.25) is 0 Å². The summed E-state index contributed by atoms with van der Waals surface area (Å²) in [5.41, 5.74) is 3.46. The van der Waals surface area contributed by atoms with Crippen LogP contribution in [0.1, 0.15) is 45.1 Å². The first kappa shape index (κ1) is 26.0. The van der Waals surface area contributed by atoms with Gasteiger partial charge in [-0.05, 0) is 60.7 Å². The fraction of sp³-hybridized carbons (Fsp3) is 0.355. The molecule has 0 spiro atoms. The maximum atomic E-state index is 13.5. The third-order valence-electron chi connectivity index (χ3n) is 8.14. The Balaban J connectivity index is 1.32. The average Bonchev–Trinajstić information content (AvgIpc) is 3.26. The number of carbonyl (C=O) groups is 1. The summed E-state index contributed by atoms with van der Waals surface area (Å²) < 4.78 is 24.4. The number of rotatable bonds is 6. The molecule has 4 heterocycles. The first-order chi connectivity index (χ1) is 19.3. The van der Waals surface area contributed by atoms with Crippen molar-refractivity contribution in [2.75, 3.05) is 34.4 Å². The summed E-state index contributed by atoms with van der Waals surface area (Å²) in [6.07, 6.45) is 2.68. The molecule has 0 radical (unpaired) electrons. The summed E-state index contributed by atoms with van der Waals surface area (Å²) in [5.74, 6) is 2.37. The highest BCUT2D eigenvalue weighted by molar-refractivity contribution is 6.16. The quantitative estimate of drug-likeness (QED) is 0.463. The number of ether oxygens (including phenoxy) is 4. The Hall–Kier alpha value is -4.24. The van der Waals surface area contributed by atoms with E-state index in [9.17, 15) is 14.7 Å². The van der Waals surface area contributed by atoms with Gasteiger partial charge in [0.15, 0.2) is 17.3 Å². The smallest absolute Gasteiger partial charge is 0.250 e. The van der Waals surface area contributed by atoms with E-state index < -0.39 is 0 Å². The lowest BCUT2D eigenvalue weighted by atomic mass is 9.83. The van der Waals surface area contributed by atoms with Gasteiger partial charge < -0.3 is 28.6 Å². The number of aryl methyl sites for hydroxylation is 1. The number of benzene rings is 2. The Kier molecular flexibility index (Phi) is 6.54. The number of ketones is 1. The fourth-order valence-corrected chi connectivity index (χ4v) is 6.42. The molecular formula is C31H32N2O7. The number of allylic oxidation sites excluding steroid dienone is 1. The van der Waals surface area contributed by atoms with Gasteiger partial charge in [-0.1, -0.05) is 6.07 Å². The first-order valence-electron chi connectivity index (χ1n) is 13.3. The predicted octanol–water partition coefficient (Wildman–Crippen LogP) is 4.12. The molecule has 0 aliphatic carbocycles. The Morgan fingerprint density at radius 3 is 2.48 bits per heavy atom. The number of phenols is 1. The zero-order valence-electron chi connectivity index (χ0n) is 23.0. The number of hydrogen-bond acceptors (Lipinski definition) is 8. The van der Waals surface area contributed by atoms with Crippen LogP contribution in [0.3, 0.4) is 0 Å². The number of aromatic nitrogens is 1. The van der Waals surface area contributed by atoms with Crippen molar-refractivity contribution in [2.24, 2.45) is 5.92 Å². The van der Waals surface area contributed by atoms with E-state index in [4.69, 9.17) is 18.9 Å². The second-order valence-corrected chi connectivity index (χ2v) is 10.7. The topological polar surface area (TPSA) is 99.5 Å². The van der Waals surface area contributed by atoms with E-state index in [0.717, 1.165) is 25.2 Å². The number of Topliss-reactive ketones (excluding diaryl/α,β-unsaturated/α-hetero) is 1. The maximum Gasteiger partial charge on any atom is 0.250 e. The number of piperidine rings is 1. The van der Waals surface area contributed by atoms with Gasteiger partial charge >= 0.3 is 0 Å². The summed E-state index contributed by atoms with van der Waals surface area (Å²) in [5, 5.41) is 11.0.